The fourth-order valence-corrected chi connectivity index (χ4v) is 1.28. The predicted molar refractivity (Wildman–Crippen MR) is 62.0 cm³/mol. The van der Waals surface area contributed by atoms with E-state index in [-0.39, 0.29) is 5.97 Å². The highest BCUT2D eigenvalue weighted by Gasteiger charge is 2.09. The van der Waals surface area contributed by atoms with E-state index < -0.39 is 6.29 Å². The quantitative estimate of drug-likeness (QED) is 0.566. The lowest BCUT2D eigenvalue weighted by atomic mass is 10.2. The van der Waals surface area contributed by atoms with Crippen molar-refractivity contribution in [1.82, 2.24) is 0 Å². The van der Waals surface area contributed by atoms with E-state index in [4.69, 9.17) is 9.47 Å². The van der Waals surface area contributed by atoms with Crippen molar-refractivity contribution in [3.05, 3.63) is 36.2 Å². The van der Waals surface area contributed by atoms with Gasteiger partial charge in [-0.1, -0.05) is 19.1 Å². The molecule has 87 valence electrons. The van der Waals surface area contributed by atoms with Gasteiger partial charge in [0.05, 0.1) is 6.42 Å². The van der Waals surface area contributed by atoms with Crippen molar-refractivity contribution in [3.63, 3.8) is 0 Å². The summed E-state index contributed by atoms with van der Waals surface area (Å²) in [5.41, 5.74) is 1.11. The van der Waals surface area contributed by atoms with Gasteiger partial charge in [0.1, 0.15) is 5.75 Å². The molecule has 16 heavy (non-hydrogen) atoms. The normalized spacial score (nSPS) is 11.9. The molecule has 0 aromatic heterocycles. The number of aryl methyl sites for hydroxylation is 1. The number of hydrogen-bond acceptors (Lipinski definition) is 3. The van der Waals surface area contributed by atoms with Gasteiger partial charge >= 0.3 is 5.97 Å². The zero-order valence-electron chi connectivity index (χ0n) is 9.90. The summed E-state index contributed by atoms with van der Waals surface area (Å²) in [4.78, 5) is 11.2. The van der Waals surface area contributed by atoms with Gasteiger partial charge in [-0.25, -0.2) is 0 Å². The summed E-state index contributed by atoms with van der Waals surface area (Å²) in [6.07, 6.45) is 1.57. The SMILES string of the molecule is CC[CH]C(=O)OC(C)Oc1cccc(C)c1. The van der Waals surface area contributed by atoms with Gasteiger partial charge in [-0.15, -0.1) is 0 Å². The molecule has 0 spiro atoms. The summed E-state index contributed by atoms with van der Waals surface area (Å²) in [7, 11) is 0. The molecule has 0 aliphatic carbocycles. The molecule has 1 atom stereocenters. The number of carbonyl (C=O) groups excluding carboxylic acids is 1. The van der Waals surface area contributed by atoms with Crippen molar-refractivity contribution in [1.29, 1.82) is 0 Å². The standard InChI is InChI=1S/C13H17O3/c1-4-6-13(14)16-11(3)15-12-8-5-7-10(2)9-12/h5-9,11H,4H2,1-3H3. The van der Waals surface area contributed by atoms with Crippen LogP contribution in [0.3, 0.4) is 0 Å². The van der Waals surface area contributed by atoms with Crippen molar-refractivity contribution in [2.24, 2.45) is 0 Å². The topological polar surface area (TPSA) is 35.5 Å². The summed E-state index contributed by atoms with van der Waals surface area (Å²) in [5.74, 6) is 0.361. The summed E-state index contributed by atoms with van der Waals surface area (Å²) < 4.78 is 10.5. The molecular weight excluding hydrogens is 204 g/mol. The Morgan fingerprint density at radius 2 is 2.25 bits per heavy atom. The first kappa shape index (κ1) is 12.6. The minimum absolute atomic E-state index is 0.345. The molecule has 0 heterocycles. The van der Waals surface area contributed by atoms with E-state index in [1.165, 1.54) is 6.42 Å². The van der Waals surface area contributed by atoms with E-state index in [1.54, 1.807) is 6.92 Å². The van der Waals surface area contributed by atoms with Crippen LogP contribution in [-0.4, -0.2) is 12.3 Å². The smallest absolute Gasteiger partial charge is 0.312 e. The second-order valence-corrected chi connectivity index (χ2v) is 3.55. The molecule has 0 fully saturated rings. The second-order valence-electron chi connectivity index (χ2n) is 3.55. The maximum atomic E-state index is 11.2. The molecule has 0 saturated heterocycles. The fraction of sp³-hybridized carbons (Fsp3) is 0.385. The number of ether oxygens (including phenoxy) is 2. The van der Waals surface area contributed by atoms with Crippen LogP contribution in [0.4, 0.5) is 0 Å². The molecule has 3 heteroatoms. The number of hydrogen-bond donors (Lipinski definition) is 0. The van der Waals surface area contributed by atoms with E-state index in [1.807, 2.05) is 38.1 Å². The molecule has 1 unspecified atom stereocenters. The summed E-state index contributed by atoms with van der Waals surface area (Å²) in [6.45, 7) is 5.56. The fourth-order valence-electron chi connectivity index (χ4n) is 1.28. The van der Waals surface area contributed by atoms with E-state index in [0.29, 0.717) is 12.2 Å². The Kier molecular flexibility index (Phi) is 4.83. The van der Waals surface area contributed by atoms with E-state index >= 15 is 0 Å². The lowest BCUT2D eigenvalue weighted by Crippen LogP contribution is -2.20. The average molecular weight is 221 g/mol. The molecule has 0 bridgehead atoms. The predicted octanol–water partition coefficient (Wildman–Crippen LogP) is 2.88. The lowest BCUT2D eigenvalue weighted by Gasteiger charge is -2.15. The lowest BCUT2D eigenvalue weighted by molar-refractivity contribution is -0.156. The Morgan fingerprint density at radius 3 is 2.88 bits per heavy atom. The van der Waals surface area contributed by atoms with Crippen LogP contribution in [0.2, 0.25) is 0 Å². The highest BCUT2D eigenvalue weighted by molar-refractivity contribution is 5.78. The molecule has 0 saturated carbocycles. The Morgan fingerprint density at radius 1 is 1.50 bits per heavy atom. The Bertz CT molecular complexity index is 347. The van der Waals surface area contributed by atoms with Gasteiger partial charge in [0.25, 0.3) is 0 Å². The zero-order valence-corrected chi connectivity index (χ0v) is 9.90. The number of rotatable bonds is 5. The van der Waals surface area contributed by atoms with Crippen molar-refractivity contribution in [2.75, 3.05) is 0 Å². The van der Waals surface area contributed by atoms with Gasteiger partial charge in [0.2, 0.25) is 6.29 Å². The van der Waals surface area contributed by atoms with Gasteiger partial charge in [-0.05, 0) is 31.0 Å². The minimum atomic E-state index is -0.572. The van der Waals surface area contributed by atoms with Crippen LogP contribution in [0.15, 0.2) is 24.3 Å². The van der Waals surface area contributed by atoms with Crippen LogP contribution < -0.4 is 4.74 Å². The molecule has 0 N–H and O–H groups in total. The Labute approximate surface area is 96.4 Å². The van der Waals surface area contributed by atoms with Crippen LogP contribution in [0.1, 0.15) is 25.8 Å². The van der Waals surface area contributed by atoms with Crippen molar-refractivity contribution < 1.29 is 14.3 Å². The van der Waals surface area contributed by atoms with Crippen molar-refractivity contribution in [2.45, 2.75) is 33.5 Å². The molecule has 0 aliphatic heterocycles. The highest BCUT2D eigenvalue weighted by Crippen LogP contribution is 2.14. The van der Waals surface area contributed by atoms with Gasteiger partial charge in [0, 0.05) is 6.92 Å². The minimum Gasteiger partial charge on any atom is -0.455 e. The zero-order chi connectivity index (χ0) is 12.0. The highest BCUT2D eigenvalue weighted by atomic mass is 16.7. The van der Waals surface area contributed by atoms with Gasteiger partial charge in [-0.2, -0.15) is 0 Å². The molecule has 3 nitrogen and oxygen atoms in total. The molecule has 1 rings (SSSR count). The van der Waals surface area contributed by atoms with E-state index in [9.17, 15) is 4.79 Å². The maximum absolute atomic E-state index is 11.2. The monoisotopic (exact) mass is 221 g/mol. The third-order valence-corrected chi connectivity index (χ3v) is 1.94. The largest absolute Gasteiger partial charge is 0.455 e. The van der Waals surface area contributed by atoms with Gasteiger partial charge in [0.15, 0.2) is 0 Å². The van der Waals surface area contributed by atoms with Gasteiger partial charge in [-0.3, -0.25) is 4.79 Å². The maximum Gasteiger partial charge on any atom is 0.312 e. The second kappa shape index (κ2) is 6.16. The van der Waals surface area contributed by atoms with E-state index in [0.717, 1.165) is 5.56 Å². The average Bonchev–Trinajstić information content (AvgIpc) is 2.17. The Balaban J connectivity index is 2.45. The van der Waals surface area contributed by atoms with E-state index in [2.05, 4.69) is 0 Å². The molecule has 0 aliphatic rings. The third kappa shape index (κ3) is 4.34. The van der Waals surface area contributed by atoms with Crippen molar-refractivity contribution in [3.8, 4) is 5.75 Å². The summed E-state index contributed by atoms with van der Waals surface area (Å²) >= 11 is 0. The number of benzene rings is 1. The van der Waals surface area contributed by atoms with Crippen LogP contribution in [-0.2, 0) is 9.53 Å². The molecular formula is C13H17O3. The van der Waals surface area contributed by atoms with Crippen molar-refractivity contribution >= 4 is 5.97 Å². The molecule has 1 aromatic carbocycles. The molecule has 0 amide bonds. The third-order valence-electron chi connectivity index (χ3n) is 1.94. The number of esters is 1. The van der Waals surface area contributed by atoms with Crippen LogP contribution in [0, 0.1) is 13.3 Å². The molecule has 1 aromatic rings. The van der Waals surface area contributed by atoms with Gasteiger partial charge < -0.3 is 9.47 Å². The first-order valence-corrected chi connectivity index (χ1v) is 5.39. The number of carbonyl (C=O) groups is 1. The first-order chi connectivity index (χ1) is 7.61. The van der Waals surface area contributed by atoms with Crippen LogP contribution in [0.5, 0.6) is 5.75 Å². The van der Waals surface area contributed by atoms with Crippen LogP contribution >= 0.6 is 0 Å². The van der Waals surface area contributed by atoms with Crippen LogP contribution in [0.25, 0.3) is 0 Å². The summed E-state index contributed by atoms with van der Waals surface area (Å²) in [5, 5.41) is 0. The molecule has 1 radical (unpaired) electrons. The summed E-state index contributed by atoms with van der Waals surface area (Å²) in [6, 6.07) is 7.61. The first-order valence-electron chi connectivity index (χ1n) is 5.39. The Hall–Kier alpha value is -1.51.